The highest BCUT2D eigenvalue weighted by molar-refractivity contribution is 5.83. The summed E-state index contributed by atoms with van der Waals surface area (Å²) in [5, 5.41) is 8.21. The maximum absolute atomic E-state index is 4.70. The van der Waals surface area contributed by atoms with Gasteiger partial charge in [0.2, 0.25) is 0 Å². The second kappa shape index (κ2) is 4.16. The summed E-state index contributed by atoms with van der Waals surface area (Å²) < 4.78 is 0. The van der Waals surface area contributed by atoms with E-state index in [0.717, 1.165) is 33.8 Å². The Bertz CT molecular complexity index is 771. The summed E-state index contributed by atoms with van der Waals surface area (Å²) in [4.78, 5) is 8.08. The molecule has 4 heteroatoms. The maximum Gasteiger partial charge on any atom is 0.140 e. The van der Waals surface area contributed by atoms with Crippen molar-refractivity contribution in [3.8, 4) is 11.4 Å². The first kappa shape index (κ1) is 11.8. The first-order valence-electron chi connectivity index (χ1n) is 6.33. The molecule has 0 aliphatic heterocycles. The molecule has 2 aromatic heterocycles. The van der Waals surface area contributed by atoms with Crippen molar-refractivity contribution in [1.82, 2.24) is 20.2 Å². The third-order valence-corrected chi connectivity index (χ3v) is 3.28. The molecule has 0 spiro atoms. The van der Waals surface area contributed by atoms with Crippen LogP contribution in [0.4, 0.5) is 0 Å². The number of imidazole rings is 1. The number of hydrogen-bond donors (Lipinski definition) is 1. The van der Waals surface area contributed by atoms with Crippen molar-refractivity contribution in [2.75, 3.05) is 0 Å². The lowest BCUT2D eigenvalue weighted by atomic mass is 10.1. The van der Waals surface area contributed by atoms with Crippen LogP contribution in [0.25, 0.3) is 22.4 Å². The summed E-state index contributed by atoms with van der Waals surface area (Å²) >= 11 is 0. The molecule has 19 heavy (non-hydrogen) atoms. The van der Waals surface area contributed by atoms with E-state index in [-0.39, 0.29) is 0 Å². The van der Waals surface area contributed by atoms with Crippen LogP contribution in [0.2, 0.25) is 0 Å². The van der Waals surface area contributed by atoms with Crippen molar-refractivity contribution in [3.63, 3.8) is 0 Å². The van der Waals surface area contributed by atoms with Crippen molar-refractivity contribution < 1.29 is 0 Å². The van der Waals surface area contributed by atoms with E-state index >= 15 is 0 Å². The van der Waals surface area contributed by atoms with E-state index in [1.807, 2.05) is 19.9 Å². The fourth-order valence-corrected chi connectivity index (χ4v) is 2.39. The fraction of sp³-hybridized carbons (Fsp3) is 0.267. The molecule has 1 aromatic carbocycles. The van der Waals surface area contributed by atoms with Gasteiger partial charge in [-0.2, -0.15) is 10.2 Å². The van der Waals surface area contributed by atoms with E-state index in [1.54, 1.807) is 0 Å². The molecular formula is C15H16N4. The van der Waals surface area contributed by atoms with Gasteiger partial charge < -0.3 is 4.98 Å². The van der Waals surface area contributed by atoms with Gasteiger partial charge in [0, 0.05) is 5.56 Å². The molecule has 96 valence electrons. The smallest absolute Gasteiger partial charge is 0.140 e. The maximum atomic E-state index is 4.70. The molecular weight excluding hydrogens is 236 g/mol. The number of benzene rings is 1. The van der Waals surface area contributed by atoms with Crippen LogP contribution in [-0.4, -0.2) is 20.2 Å². The first-order valence-corrected chi connectivity index (χ1v) is 6.33. The predicted molar refractivity (Wildman–Crippen MR) is 76.1 cm³/mol. The molecule has 0 amide bonds. The molecule has 0 bridgehead atoms. The van der Waals surface area contributed by atoms with Gasteiger partial charge in [-0.3, -0.25) is 0 Å². The van der Waals surface area contributed by atoms with Crippen LogP contribution in [0.5, 0.6) is 0 Å². The quantitative estimate of drug-likeness (QED) is 0.723. The van der Waals surface area contributed by atoms with Gasteiger partial charge in [-0.15, -0.1) is 0 Å². The zero-order valence-electron chi connectivity index (χ0n) is 11.6. The van der Waals surface area contributed by atoms with E-state index in [0.29, 0.717) is 0 Å². The molecule has 0 unspecified atom stereocenters. The SMILES string of the molecule is Cc1cc(C)c2nc(-c3cc(C)nnc3C)[nH]c2c1. The van der Waals surface area contributed by atoms with Crippen LogP contribution in [0.15, 0.2) is 18.2 Å². The molecule has 0 radical (unpaired) electrons. The van der Waals surface area contributed by atoms with Gasteiger partial charge in [0.25, 0.3) is 0 Å². The minimum atomic E-state index is 0.860. The number of aromatic nitrogens is 4. The van der Waals surface area contributed by atoms with E-state index in [4.69, 9.17) is 4.98 Å². The average Bonchev–Trinajstić information content (AvgIpc) is 2.76. The number of aryl methyl sites for hydroxylation is 4. The van der Waals surface area contributed by atoms with Crippen LogP contribution < -0.4 is 0 Å². The average molecular weight is 252 g/mol. The van der Waals surface area contributed by atoms with Crippen LogP contribution in [-0.2, 0) is 0 Å². The Hall–Kier alpha value is -2.23. The second-order valence-electron chi connectivity index (χ2n) is 5.05. The van der Waals surface area contributed by atoms with Crippen molar-refractivity contribution in [2.45, 2.75) is 27.7 Å². The van der Waals surface area contributed by atoms with Crippen LogP contribution >= 0.6 is 0 Å². The molecule has 0 atom stereocenters. The van der Waals surface area contributed by atoms with Gasteiger partial charge in [-0.1, -0.05) is 6.07 Å². The Labute approximate surface area is 111 Å². The van der Waals surface area contributed by atoms with Gasteiger partial charge in [0.1, 0.15) is 5.82 Å². The Morgan fingerprint density at radius 2 is 1.74 bits per heavy atom. The molecule has 0 fully saturated rings. The molecule has 3 aromatic rings. The number of rotatable bonds is 1. The van der Waals surface area contributed by atoms with E-state index in [2.05, 4.69) is 41.2 Å². The standard InChI is InChI=1S/C15H16N4/c1-8-5-9(2)14-13(6-8)16-15(17-14)12-7-10(3)18-19-11(12)4/h5-7H,1-4H3,(H,16,17). The highest BCUT2D eigenvalue weighted by atomic mass is 15.1. The third kappa shape index (κ3) is 1.99. The Balaban J connectivity index is 2.26. The summed E-state index contributed by atoms with van der Waals surface area (Å²) in [5.41, 5.74) is 7.32. The topological polar surface area (TPSA) is 54.5 Å². The fourth-order valence-electron chi connectivity index (χ4n) is 2.39. The largest absolute Gasteiger partial charge is 0.338 e. The van der Waals surface area contributed by atoms with E-state index < -0.39 is 0 Å². The lowest BCUT2D eigenvalue weighted by molar-refractivity contribution is 0.940. The lowest BCUT2D eigenvalue weighted by Crippen LogP contribution is -1.94. The van der Waals surface area contributed by atoms with E-state index in [1.165, 1.54) is 11.1 Å². The van der Waals surface area contributed by atoms with Crippen LogP contribution in [0.3, 0.4) is 0 Å². The third-order valence-electron chi connectivity index (χ3n) is 3.28. The molecule has 0 saturated heterocycles. The Kier molecular flexibility index (Phi) is 2.59. The van der Waals surface area contributed by atoms with Gasteiger partial charge in [0.05, 0.1) is 22.4 Å². The number of fused-ring (bicyclic) bond motifs is 1. The highest BCUT2D eigenvalue weighted by Crippen LogP contribution is 2.25. The first-order chi connectivity index (χ1) is 9.04. The van der Waals surface area contributed by atoms with Crippen molar-refractivity contribution in [1.29, 1.82) is 0 Å². The van der Waals surface area contributed by atoms with Crippen molar-refractivity contribution in [2.24, 2.45) is 0 Å². The predicted octanol–water partition coefficient (Wildman–Crippen LogP) is 3.25. The molecule has 0 aliphatic carbocycles. The Morgan fingerprint density at radius 1 is 0.947 bits per heavy atom. The molecule has 3 rings (SSSR count). The Morgan fingerprint density at radius 3 is 2.53 bits per heavy atom. The van der Waals surface area contributed by atoms with E-state index in [9.17, 15) is 0 Å². The summed E-state index contributed by atoms with van der Waals surface area (Å²) in [7, 11) is 0. The minimum absolute atomic E-state index is 0.860. The molecule has 0 aliphatic rings. The number of nitrogens with one attached hydrogen (secondary N) is 1. The number of hydrogen-bond acceptors (Lipinski definition) is 3. The normalized spacial score (nSPS) is 11.2. The van der Waals surface area contributed by atoms with Gasteiger partial charge in [-0.05, 0) is 51.0 Å². The highest BCUT2D eigenvalue weighted by Gasteiger charge is 2.11. The van der Waals surface area contributed by atoms with Crippen LogP contribution in [0, 0.1) is 27.7 Å². The zero-order chi connectivity index (χ0) is 13.6. The summed E-state index contributed by atoms with van der Waals surface area (Å²) in [6.45, 7) is 8.07. The minimum Gasteiger partial charge on any atom is -0.338 e. The van der Waals surface area contributed by atoms with Gasteiger partial charge >= 0.3 is 0 Å². The second-order valence-corrected chi connectivity index (χ2v) is 5.05. The van der Waals surface area contributed by atoms with Crippen molar-refractivity contribution in [3.05, 3.63) is 40.7 Å². The molecule has 2 heterocycles. The van der Waals surface area contributed by atoms with Crippen molar-refractivity contribution >= 4 is 11.0 Å². The molecule has 0 saturated carbocycles. The molecule has 4 nitrogen and oxygen atoms in total. The number of H-pyrrole nitrogens is 1. The number of aromatic amines is 1. The lowest BCUT2D eigenvalue weighted by Gasteiger charge is -2.01. The van der Waals surface area contributed by atoms with Gasteiger partial charge in [-0.25, -0.2) is 4.98 Å². The summed E-state index contributed by atoms with van der Waals surface area (Å²) in [5.74, 6) is 0.860. The monoisotopic (exact) mass is 252 g/mol. The summed E-state index contributed by atoms with van der Waals surface area (Å²) in [6.07, 6.45) is 0. The summed E-state index contributed by atoms with van der Waals surface area (Å²) in [6, 6.07) is 6.29. The molecule has 1 N–H and O–H groups in total. The van der Waals surface area contributed by atoms with Gasteiger partial charge in [0.15, 0.2) is 0 Å². The number of nitrogens with zero attached hydrogens (tertiary/aromatic N) is 3. The zero-order valence-corrected chi connectivity index (χ0v) is 11.6. The van der Waals surface area contributed by atoms with Crippen LogP contribution in [0.1, 0.15) is 22.5 Å².